The highest BCUT2D eigenvalue weighted by atomic mass is 16.5. The molecule has 1 heterocycles. The van der Waals surface area contributed by atoms with Crippen LogP contribution < -0.4 is 10.6 Å². The average molecular weight is 405 g/mol. The van der Waals surface area contributed by atoms with Crippen molar-refractivity contribution in [3.05, 3.63) is 65.7 Å². The predicted molar refractivity (Wildman–Crippen MR) is 117 cm³/mol. The number of nitrogens with zero attached hydrogens (tertiary/aromatic N) is 1. The van der Waals surface area contributed by atoms with Crippen molar-refractivity contribution in [1.29, 1.82) is 0 Å². The predicted octanol–water partition coefficient (Wildman–Crippen LogP) is 4.30. The van der Waals surface area contributed by atoms with E-state index in [1.807, 2.05) is 54.6 Å². The van der Waals surface area contributed by atoms with Crippen LogP contribution in [-0.4, -0.2) is 30.3 Å². The van der Waals surface area contributed by atoms with Gasteiger partial charge in [-0.15, -0.1) is 0 Å². The highest BCUT2D eigenvalue weighted by molar-refractivity contribution is 6.07. The third kappa shape index (κ3) is 4.70. The standard InChI is InChI=1S/C24H27N3O3/c28-15-21-23(27-24(29)30-16-17-9-3-1-4-10-17)26-22(18-11-5-2-6-12-18)19-13-7-8-14-20(19)25-21/h1,3-4,7-10,13-15,18,21,23,25H,2,5-6,11-12,16H2,(H,27,29). The minimum absolute atomic E-state index is 0.165. The molecule has 0 radical (unpaired) electrons. The molecule has 1 amide bonds. The Kier molecular flexibility index (Phi) is 6.42. The molecule has 156 valence electrons. The second-order valence-electron chi connectivity index (χ2n) is 7.85. The van der Waals surface area contributed by atoms with E-state index in [1.165, 1.54) is 19.3 Å². The number of hydrogen-bond acceptors (Lipinski definition) is 5. The van der Waals surface area contributed by atoms with Crippen molar-refractivity contribution in [2.75, 3.05) is 5.32 Å². The van der Waals surface area contributed by atoms with Gasteiger partial charge in [0.05, 0.1) is 0 Å². The smallest absolute Gasteiger partial charge is 0.409 e. The highest BCUT2D eigenvalue weighted by Gasteiger charge is 2.31. The fourth-order valence-corrected chi connectivity index (χ4v) is 4.21. The first-order valence-electron chi connectivity index (χ1n) is 10.6. The van der Waals surface area contributed by atoms with Crippen LogP contribution in [0.3, 0.4) is 0 Å². The van der Waals surface area contributed by atoms with Crippen LogP contribution >= 0.6 is 0 Å². The number of anilines is 1. The van der Waals surface area contributed by atoms with Gasteiger partial charge < -0.3 is 14.8 Å². The van der Waals surface area contributed by atoms with Gasteiger partial charge in [-0.1, -0.05) is 67.8 Å². The first kappa shape index (κ1) is 20.1. The number of nitrogens with one attached hydrogen (secondary N) is 2. The zero-order valence-corrected chi connectivity index (χ0v) is 16.9. The second-order valence-corrected chi connectivity index (χ2v) is 7.85. The third-order valence-electron chi connectivity index (χ3n) is 5.76. The summed E-state index contributed by atoms with van der Waals surface area (Å²) < 4.78 is 5.36. The normalized spacial score (nSPS) is 21.4. The molecule has 4 rings (SSSR count). The van der Waals surface area contributed by atoms with Crippen molar-refractivity contribution in [3.8, 4) is 0 Å². The minimum Gasteiger partial charge on any atom is -0.445 e. The van der Waals surface area contributed by atoms with Crippen molar-refractivity contribution in [3.63, 3.8) is 0 Å². The Bertz CT molecular complexity index is 907. The van der Waals surface area contributed by atoms with E-state index in [-0.39, 0.29) is 6.61 Å². The minimum atomic E-state index is -0.727. The van der Waals surface area contributed by atoms with Gasteiger partial charge in [0.2, 0.25) is 0 Å². The van der Waals surface area contributed by atoms with E-state index in [1.54, 1.807) is 0 Å². The molecule has 1 saturated carbocycles. The SMILES string of the molecule is O=CC1Nc2ccccc2C(C2CCCCC2)=NC1NC(=O)OCc1ccccc1. The van der Waals surface area contributed by atoms with Gasteiger partial charge in [-0.2, -0.15) is 0 Å². The summed E-state index contributed by atoms with van der Waals surface area (Å²) in [6.45, 7) is 0.165. The third-order valence-corrected chi connectivity index (χ3v) is 5.76. The van der Waals surface area contributed by atoms with Crippen molar-refractivity contribution < 1.29 is 14.3 Å². The van der Waals surface area contributed by atoms with Gasteiger partial charge in [-0.05, 0) is 24.5 Å². The highest BCUT2D eigenvalue weighted by Crippen LogP contribution is 2.32. The summed E-state index contributed by atoms with van der Waals surface area (Å²) in [5.41, 5.74) is 3.76. The maximum absolute atomic E-state index is 12.5. The first-order chi connectivity index (χ1) is 14.7. The first-order valence-corrected chi connectivity index (χ1v) is 10.6. The molecule has 2 aromatic rings. The lowest BCUT2D eigenvalue weighted by Crippen LogP contribution is -2.46. The number of aliphatic imine (C=N–C) groups is 1. The van der Waals surface area contributed by atoms with Gasteiger partial charge in [0.15, 0.2) is 6.17 Å². The maximum Gasteiger partial charge on any atom is 0.409 e. The Balaban J connectivity index is 1.55. The van der Waals surface area contributed by atoms with Crippen LogP contribution in [0.5, 0.6) is 0 Å². The van der Waals surface area contributed by atoms with Crippen LogP contribution in [-0.2, 0) is 16.1 Å². The van der Waals surface area contributed by atoms with Crippen LogP contribution in [0, 0.1) is 5.92 Å². The number of rotatable bonds is 5. The summed E-state index contributed by atoms with van der Waals surface area (Å²) >= 11 is 0. The molecule has 2 aromatic carbocycles. The van der Waals surface area contributed by atoms with Crippen molar-refractivity contribution in [2.24, 2.45) is 10.9 Å². The zero-order chi connectivity index (χ0) is 20.8. The molecule has 2 unspecified atom stereocenters. The van der Waals surface area contributed by atoms with Crippen molar-refractivity contribution in [1.82, 2.24) is 5.32 Å². The Morgan fingerprint density at radius 3 is 2.57 bits per heavy atom. The number of hydrogen-bond donors (Lipinski definition) is 2. The fraction of sp³-hybridized carbons (Fsp3) is 0.375. The van der Waals surface area contributed by atoms with Crippen LogP contribution in [0.2, 0.25) is 0 Å². The molecular formula is C24H27N3O3. The molecule has 1 aliphatic carbocycles. The number of benzodiazepines with no additional fused rings is 1. The summed E-state index contributed by atoms with van der Waals surface area (Å²) in [6.07, 6.45) is 5.22. The van der Waals surface area contributed by atoms with Crippen LogP contribution in [0.4, 0.5) is 10.5 Å². The van der Waals surface area contributed by atoms with E-state index in [4.69, 9.17) is 9.73 Å². The molecule has 1 aliphatic heterocycles. The van der Waals surface area contributed by atoms with E-state index in [2.05, 4.69) is 10.6 Å². The van der Waals surface area contributed by atoms with E-state index in [0.717, 1.165) is 41.7 Å². The Morgan fingerprint density at radius 2 is 1.80 bits per heavy atom. The molecule has 0 spiro atoms. The molecular weight excluding hydrogens is 378 g/mol. The maximum atomic E-state index is 12.5. The summed E-state index contributed by atoms with van der Waals surface area (Å²) in [6, 6.07) is 16.7. The van der Waals surface area contributed by atoms with Crippen molar-refractivity contribution in [2.45, 2.75) is 50.9 Å². The van der Waals surface area contributed by atoms with Gasteiger partial charge >= 0.3 is 6.09 Å². The molecule has 2 atom stereocenters. The molecule has 0 saturated heterocycles. The lowest BCUT2D eigenvalue weighted by molar-refractivity contribution is -0.108. The van der Waals surface area contributed by atoms with E-state index in [9.17, 15) is 9.59 Å². The second kappa shape index (κ2) is 9.57. The van der Waals surface area contributed by atoms with Crippen LogP contribution in [0.25, 0.3) is 0 Å². The largest absolute Gasteiger partial charge is 0.445 e. The number of carbonyl (C=O) groups excluding carboxylic acids is 2. The Labute approximate surface area is 176 Å². The number of ether oxygens (including phenoxy) is 1. The summed E-state index contributed by atoms with van der Waals surface area (Å²) in [5.74, 6) is 0.330. The van der Waals surface area contributed by atoms with Gasteiger partial charge in [-0.25, -0.2) is 4.79 Å². The number of alkyl carbamates (subject to hydrolysis) is 1. The number of aldehydes is 1. The Morgan fingerprint density at radius 1 is 1.07 bits per heavy atom. The molecule has 0 bridgehead atoms. The van der Waals surface area contributed by atoms with E-state index >= 15 is 0 Å². The zero-order valence-electron chi connectivity index (χ0n) is 16.9. The van der Waals surface area contributed by atoms with Gasteiger partial charge in [-0.3, -0.25) is 10.3 Å². The quantitative estimate of drug-likeness (QED) is 0.727. The number of benzene rings is 2. The molecule has 30 heavy (non-hydrogen) atoms. The summed E-state index contributed by atoms with van der Waals surface area (Å²) in [4.78, 5) is 29.2. The lowest BCUT2D eigenvalue weighted by Gasteiger charge is -2.25. The number of fused-ring (bicyclic) bond motifs is 1. The van der Waals surface area contributed by atoms with E-state index < -0.39 is 18.3 Å². The van der Waals surface area contributed by atoms with Gasteiger partial charge in [0, 0.05) is 22.9 Å². The van der Waals surface area contributed by atoms with Gasteiger partial charge in [0.25, 0.3) is 0 Å². The molecule has 2 aliphatic rings. The molecule has 1 fully saturated rings. The number of carbonyl (C=O) groups is 2. The Hall–Kier alpha value is -3.15. The average Bonchev–Trinajstić information content (AvgIpc) is 2.96. The summed E-state index contributed by atoms with van der Waals surface area (Å²) in [5, 5.41) is 6.05. The van der Waals surface area contributed by atoms with Crippen LogP contribution in [0.15, 0.2) is 59.6 Å². The molecule has 6 heteroatoms. The summed E-state index contributed by atoms with van der Waals surface area (Å²) in [7, 11) is 0. The lowest BCUT2D eigenvalue weighted by atomic mass is 9.83. The molecule has 6 nitrogen and oxygen atoms in total. The molecule has 0 aromatic heterocycles. The van der Waals surface area contributed by atoms with E-state index in [0.29, 0.717) is 5.92 Å². The number of amides is 1. The molecule has 2 N–H and O–H groups in total. The fourth-order valence-electron chi connectivity index (χ4n) is 4.21. The van der Waals surface area contributed by atoms with Crippen LogP contribution in [0.1, 0.15) is 43.2 Å². The van der Waals surface area contributed by atoms with Gasteiger partial charge in [0.1, 0.15) is 18.9 Å². The topological polar surface area (TPSA) is 79.8 Å². The van der Waals surface area contributed by atoms with Crippen molar-refractivity contribution >= 4 is 23.8 Å². The monoisotopic (exact) mass is 405 g/mol. The number of para-hydroxylation sites is 1.